The first kappa shape index (κ1) is 14.7. The quantitative estimate of drug-likeness (QED) is 0.290. The summed E-state index contributed by atoms with van der Waals surface area (Å²) in [5, 5.41) is 0. The van der Waals surface area contributed by atoms with E-state index in [-0.39, 0.29) is 0 Å². The van der Waals surface area contributed by atoms with Crippen LogP contribution in [0.15, 0.2) is 12.7 Å². The average molecular weight is 231 g/mol. The first-order valence-electron chi connectivity index (χ1n) is 5.99. The van der Waals surface area contributed by atoms with Crippen LogP contribution < -0.4 is 0 Å². The Bertz CT molecular complexity index is 166. The predicted octanol–water partition coefficient (Wildman–Crippen LogP) is 4.49. The van der Waals surface area contributed by atoms with Crippen LogP contribution in [0, 0.1) is 0 Å². The number of carbonyl (C=O) groups is 1. The molecule has 0 radical (unpaired) electrons. The summed E-state index contributed by atoms with van der Waals surface area (Å²) in [5.41, 5.74) is 0. The normalized spacial score (nSPS) is 10.2. The summed E-state index contributed by atoms with van der Waals surface area (Å²) in [5.74, 6) is 1.11. The molecule has 0 saturated heterocycles. The van der Waals surface area contributed by atoms with E-state index in [1.807, 2.05) is 0 Å². The Labute approximate surface area is 98.9 Å². The van der Waals surface area contributed by atoms with E-state index in [4.69, 9.17) is 11.6 Å². The van der Waals surface area contributed by atoms with Crippen molar-refractivity contribution in [1.29, 1.82) is 0 Å². The van der Waals surface area contributed by atoms with Crippen LogP contribution in [-0.4, -0.2) is 11.7 Å². The fourth-order valence-electron chi connectivity index (χ4n) is 1.56. The Morgan fingerprint density at radius 2 is 1.53 bits per heavy atom. The van der Waals surface area contributed by atoms with E-state index >= 15 is 0 Å². The van der Waals surface area contributed by atoms with Crippen LogP contribution in [0.2, 0.25) is 0 Å². The molecule has 0 aliphatic rings. The molecule has 0 aromatic heterocycles. The van der Waals surface area contributed by atoms with Gasteiger partial charge in [-0.3, -0.25) is 4.79 Å². The minimum Gasteiger partial charge on any atom is -0.299 e. The van der Waals surface area contributed by atoms with Crippen molar-refractivity contribution in [3.8, 4) is 0 Å². The summed E-state index contributed by atoms with van der Waals surface area (Å²) in [6.07, 6.45) is 11.4. The van der Waals surface area contributed by atoms with Gasteiger partial charge in [0, 0.05) is 18.7 Å². The Kier molecular flexibility index (Phi) is 11.5. The van der Waals surface area contributed by atoms with Crippen LogP contribution in [-0.2, 0) is 4.79 Å². The van der Waals surface area contributed by atoms with Crippen molar-refractivity contribution in [1.82, 2.24) is 0 Å². The van der Waals surface area contributed by atoms with Gasteiger partial charge in [-0.15, -0.1) is 18.2 Å². The van der Waals surface area contributed by atoms with E-state index in [0.717, 1.165) is 25.1 Å². The molecule has 0 aliphatic carbocycles. The maximum absolute atomic E-state index is 11.1. The molecule has 0 rings (SSSR count). The Balaban J connectivity index is 3.04. The summed E-state index contributed by atoms with van der Waals surface area (Å²) in [6.45, 7) is 3.56. The fourth-order valence-corrected chi connectivity index (χ4v) is 1.75. The van der Waals surface area contributed by atoms with E-state index in [1.54, 1.807) is 6.08 Å². The van der Waals surface area contributed by atoms with Gasteiger partial charge in [0.05, 0.1) is 0 Å². The van der Waals surface area contributed by atoms with E-state index in [9.17, 15) is 4.79 Å². The highest BCUT2D eigenvalue weighted by atomic mass is 35.5. The molecule has 0 heterocycles. The lowest BCUT2D eigenvalue weighted by Gasteiger charge is -2.00. The molecule has 0 amide bonds. The third-order valence-corrected chi connectivity index (χ3v) is 2.73. The van der Waals surface area contributed by atoms with Crippen molar-refractivity contribution < 1.29 is 4.79 Å². The van der Waals surface area contributed by atoms with Crippen molar-refractivity contribution >= 4 is 17.4 Å². The molecular weight excluding hydrogens is 208 g/mol. The predicted molar refractivity (Wildman–Crippen MR) is 67.5 cm³/mol. The topological polar surface area (TPSA) is 17.1 Å². The van der Waals surface area contributed by atoms with E-state index in [2.05, 4.69) is 6.58 Å². The molecule has 0 aliphatic heterocycles. The molecule has 88 valence electrons. The zero-order chi connectivity index (χ0) is 11.4. The summed E-state index contributed by atoms with van der Waals surface area (Å²) in [6, 6.07) is 0. The van der Waals surface area contributed by atoms with Crippen LogP contribution in [0.25, 0.3) is 0 Å². The molecular formula is C13H23ClO. The summed E-state index contributed by atoms with van der Waals surface area (Å²) in [7, 11) is 0. The first-order valence-corrected chi connectivity index (χ1v) is 6.53. The van der Waals surface area contributed by atoms with Gasteiger partial charge < -0.3 is 0 Å². The van der Waals surface area contributed by atoms with Gasteiger partial charge in [-0.2, -0.15) is 0 Å². The number of ketones is 1. The summed E-state index contributed by atoms with van der Waals surface area (Å²) < 4.78 is 0. The lowest BCUT2D eigenvalue weighted by molar-refractivity contribution is -0.118. The van der Waals surface area contributed by atoms with Gasteiger partial charge in [0.25, 0.3) is 0 Å². The number of alkyl halides is 1. The average Bonchev–Trinajstić information content (AvgIpc) is 2.22. The largest absolute Gasteiger partial charge is 0.299 e. The van der Waals surface area contributed by atoms with Crippen molar-refractivity contribution in [3.05, 3.63) is 12.7 Å². The molecule has 0 N–H and O–H groups in total. The monoisotopic (exact) mass is 230 g/mol. The summed E-state index contributed by atoms with van der Waals surface area (Å²) >= 11 is 5.58. The van der Waals surface area contributed by atoms with Crippen molar-refractivity contribution in [2.75, 3.05) is 5.88 Å². The maximum Gasteiger partial charge on any atom is 0.136 e. The van der Waals surface area contributed by atoms with Crippen molar-refractivity contribution in [3.63, 3.8) is 0 Å². The molecule has 15 heavy (non-hydrogen) atoms. The fraction of sp³-hybridized carbons (Fsp3) is 0.769. The van der Waals surface area contributed by atoms with Crippen molar-refractivity contribution in [2.45, 2.75) is 57.8 Å². The standard InChI is InChI=1S/C13H23ClO/c1-2-10-13(15)11-8-6-4-3-5-7-9-12-14/h2H,1,3-12H2. The Morgan fingerprint density at radius 1 is 1.00 bits per heavy atom. The second kappa shape index (κ2) is 11.8. The van der Waals surface area contributed by atoms with Crippen LogP contribution in [0.4, 0.5) is 0 Å². The van der Waals surface area contributed by atoms with Crippen molar-refractivity contribution in [2.24, 2.45) is 0 Å². The molecule has 0 aromatic rings. The number of unbranched alkanes of at least 4 members (excludes halogenated alkanes) is 6. The van der Waals surface area contributed by atoms with Gasteiger partial charge in [-0.05, 0) is 12.8 Å². The maximum atomic E-state index is 11.1. The van der Waals surface area contributed by atoms with Gasteiger partial charge in [0.2, 0.25) is 0 Å². The zero-order valence-corrected chi connectivity index (χ0v) is 10.4. The summed E-state index contributed by atoms with van der Waals surface area (Å²) in [4.78, 5) is 11.1. The zero-order valence-electron chi connectivity index (χ0n) is 9.64. The van der Waals surface area contributed by atoms with Gasteiger partial charge in [-0.25, -0.2) is 0 Å². The molecule has 0 saturated carbocycles. The number of Topliss-reactive ketones (excluding diaryl/α,β-unsaturated/α-hetero) is 1. The van der Waals surface area contributed by atoms with Crippen LogP contribution in [0.1, 0.15) is 57.8 Å². The molecule has 1 nitrogen and oxygen atoms in total. The number of hydrogen-bond acceptors (Lipinski definition) is 1. The highest BCUT2D eigenvalue weighted by molar-refractivity contribution is 6.17. The molecule has 0 aromatic carbocycles. The SMILES string of the molecule is C=CCC(=O)CCCCCCCCCCl. The Hall–Kier alpha value is -0.300. The highest BCUT2D eigenvalue weighted by Crippen LogP contribution is 2.09. The molecule has 0 fully saturated rings. The molecule has 2 heteroatoms. The molecule has 0 spiro atoms. The first-order chi connectivity index (χ1) is 7.31. The minimum atomic E-state index is 0.326. The smallest absolute Gasteiger partial charge is 0.136 e. The second-order valence-electron chi connectivity index (χ2n) is 3.95. The lowest BCUT2D eigenvalue weighted by atomic mass is 10.1. The van der Waals surface area contributed by atoms with Gasteiger partial charge in [0.15, 0.2) is 0 Å². The number of hydrogen-bond donors (Lipinski definition) is 0. The highest BCUT2D eigenvalue weighted by Gasteiger charge is 1.98. The lowest BCUT2D eigenvalue weighted by Crippen LogP contribution is -1.94. The van der Waals surface area contributed by atoms with Gasteiger partial charge >= 0.3 is 0 Å². The third-order valence-electron chi connectivity index (χ3n) is 2.46. The van der Waals surface area contributed by atoms with E-state index in [0.29, 0.717) is 12.2 Å². The number of allylic oxidation sites excluding steroid dienone is 1. The number of carbonyl (C=O) groups excluding carboxylic acids is 1. The third kappa shape index (κ3) is 11.6. The number of halogens is 1. The Morgan fingerprint density at radius 3 is 2.07 bits per heavy atom. The van der Waals surface area contributed by atoms with Gasteiger partial charge in [0.1, 0.15) is 5.78 Å². The van der Waals surface area contributed by atoms with Crippen LogP contribution in [0.5, 0.6) is 0 Å². The van der Waals surface area contributed by atoms with Crippen LogP contribution in [0.3, 0.4) is 0 Å². The van der Waals surface area contributed by atoms with E-state index in [1.165, 1.54) is 32.1 Å². The van der Waals surface area contributed by atoms with E-state index < -0.39 is 0 Å². The number of rotatable bonds is 11. The minimum absolute atomic E-state index is 0.326. The molecule has 0 unspecified atom stereocenters. The van der Waals surface area contributed by atoms with Crippen LogP contribution >= 0.6 is 11.6 Å². The molecule has 0 atom stereocenters. The second-order valence-corrected chi connectivity index (χ2v) is 4.32. The van der Waals surface area contributed by atoms with Gasteiger partial charge in [-0.1, -0.05) is 38.2 Å². The molecule has 0 bridgehead atoms.